The molecule has 1 aromatic rings. The van der Waals surface area contributed by atoms with Gasteiger partial charge in [0.1, 0.15) is 5.75 Å². The van der Waals surface area contributed by atoms with Crippen molar-refractivity contribution in [3.8, 4) is 5.75 Å². The second-order valence-corrected chi connectivity index (χ2v) is 4.73. The fourth-order valence-corrected chi connectivity index (χ4v) is 1.78. The van der Waals surface area contributed by atoms with Gasteiger partial charge in [0, 0.05) is 6.54 Å². The molecular formula is C16H23NO2. The molecule has 0 aliphatic rings. The summed E-state index contributed by atoms with van der Waals surface area (Å²) >= 11 is 0. The second kappa shape index (κ2) is 7.62. The van der Waals surface area contributed by atoms with Crippen LogP contribution in [0.4, 0.5) is 0 Å². The number of carbonyl (C=O) groups is 1. The van der Waals surface area contributed by atoms with E-state index in [1.807, 2.05) is 0 Å². The van der Waals surface area contributed by atoms with Crippen LogP contribution in [0.3, 0.4) is 0 Å². The Hall–Kier alpha value is -1.77. The van der Waals surface area contributed by atoms with Crippen molar-refractivity contribution in [1.29, 1.82) is 0 Å². The van der Waals surface area contributed by atoms with Crippen LogP contribution in [-0.2, 0) is 4.79 Å². The van der Waals surface area contributed by atoms with E-state index in [0.29, 0.717) is 13.2 Å². The number of nitrogens with one attached hydrogen (secondary N) is 1. The molecule has 0 aromatic heterocycles. The Morgan fingerprint density at radius 3 is 2.47 bits per heavy atom. The molecule has 1 rings (SSSR count). The Labute approximate surface area is 115 Å². The van der Waals surface area contributed by atoms with Gasteiger partial charge >= 0.3 is 0 Å². The highest BCUT2D eigenvalue weighted by molar-refractivity contribution is 5.86. The molecule has 0 heterocycles. The first kappa shape index (κ1) is 15.3. The van der Waals surface area contributed by atoms with Gasteiger partial charge in [0.25, 0.3) is 0 Å². The minimum atomic E-state index is -0.120. The first-order chi connectivity index (χ1) is 9.04. The highest BCUT2D eigenvalue weighted by Gasteiger charge is 2.01. The lowest BCUT2D eigenvalue weighted by Gasteiger charge is -2.11. The summed E-state index contributed by atoms with van der Waals surface area (Å²) in [6, 6.07) is 4.14. The minimum absolute atomic E-state index is 0.120. The van der Waals surface area contributed by atoms with Crippen molar-refractivity contribution < 1.29 is 9.53 Å². The van der Waals surface area contributed by atoms with Gasteiger partial charge in [-0.15, -0.1) is 0 Å². The molecule has 0 aliphatic heterocycles. The van der Waals surface area contributed by atoms with E-state index in [9.17, 15) is 4.79 Å². The zero-order chi connectivity index (χ0) is 14.3. The third-order valence-electron chi connectivity index (χ3n) is 3.23. The van der Waals surface area contributed by atoms with E-state index in [1.54, 1.807) is 0 Å². The Kier molecular flexibility index (Phi) is 6.13. The smallest absolute Gasteiger partial charge is 0.243 e. The van der Waals surface area contributed by atoms with E-state index in [0.717, 1.165) is 18.6 Å². The van der Waals surface area contributed by atoms with E-state index < -0.39 is 0 Å². The first-order valence-electron chi connectivity index (χ1n) is 6.65. The molecule has 0 unspecified atom stereocenters. The quantitative estimate of drug-likeness (QED) is 0.605. The number of hydrogen-bond acceptors (Lipinski definition) is 2. The van der Waals surface area contributed by atoms with Crippen molar-refractivity contribution in [3.05, 3.63) is 41.5 Å². The maximum Gasteiger partial charge on any atom is 0.243 e. The number of carbonyl (C=O) groups excluding carboxylic acids is 1. The number of ether oxygens (including phenoxy) is 1. The van der Waals surface area contributed by atoms with Gasteiger partial charge in [-0.25, -0.2) is 0 Å². The lowest BCUT2D eigenvalue weighted by atomic mass is 10.0. The zero-order valence-corrected chi connectivity index (χ0v) is 12.1. The van der Waals surface area contributed by atoms with E-state index in [-0.39, 0.29) is 5.91 Å². The van der Waals surface area contributed by atoms with E-state index >= 15 is 0 Å². The van der Waals surface area contributed by atoms with Crippen LogP contribution in [-0.4, -0.2) is 19.1 Å². The molecule has 0 atom stereocenters. The van der Waals surface area contributed by atoms with E-state index in [4.69, 9.17) is 4.74 Å². The van der Waals surface area contributed by atoms with Gasteiger partial charge in [-0.3, -0.25) is 4.79 Å². The van der Waals surface area contributed by atoms with Crippen LogP contribution in [0.5, 0.6) is 5.75 Å². The Morgan fingerprint density at radius 1 is 1.26 bits per heavy atom. The van der Waals surface area contributed by atoms with Gasteiger partial charge in [0.2, 0.25) is 5.91 Å². The summed E-state index contributed by atoms with van der Waals surface area (Å²) in [4.78, 5) is 10.9. The van der Waals surface area contributed by atoms with Gasteiger partial charge in [-0.1, -0.05) is 6.58 Å². The Bertz CT molecular complexity index is 429. The van der Waals surface area contributed by atoms with Crippen LogP contribution < -0.4 is 10.1 Å². The number of amides is 1. The van der Waals surface area contributed by atoms with Gasteiger partial charge < -0.3 is 10.1 Å². The van der Waals surface area contributed by atoms with Crippen molar-refractivity contribution in [2.75, 3.05) is 13.2 Å². The third kappa shape index (κ3) is 5.16. The summed E-state index contributed by atoms with van der Waals surface area (Å²) in [5, 5.41) is 2.74. The van der Waals surface area contributed by atoms with Gasteiger partial charge in [0.15, 0.2) is 0 Å². The van der Waals surface area contributed by atoms with E-state index in [2.05, 4.69) is 44.8 Å². The summed E-state index contributed by atoms with van der Waals surface area (Å²) in [6.07, 6.45) is 3.11. The normalized spacial score (nSPS) is 10.1. The monoisotopic (exact) mass is 261 g/mol. The standard InChI is InChI=1S/C16H23NO2/c1-5-16(18)17-8-6-7-9-19-15-10-12(2)14(4)13(3)11-15/h5,10-11H,1,6-9H2,2-4H3,(H,17,18). The van der Waals surface area contributed by atoms with Crippen LogP contribution in [0.15, 0.2) is 24.8 Å². The van der Waals surface area contributed by atoms with Crippen molar-refractivity contribution in [3.63, 3.8) is 0 Å². The average molecular weight is 261 g/mol. The maximum atomic E-state index is 10.9. The number of aryl methyl sites for hydroxylation is 2. The lowest BCUT2D eigenvalue weighted by molar-refractivity contribution is -0.116. The van der Waals surface area contributed by atoms with Crippen LogP contribution in [0.25, 0.3) is 0 Å². The number of unbranched alkanes of at least 4 members (excludes halogenated alkanes) is 1. The van der Waals surface area contributed by atoms with Crippen LogP contribution in [0, 0.1) is 20.8 Å². The van der Waals surface area contributed by atoms with Crippen molar-refractivity contribution in [2.45, 2.75) is 33.6 Å². The molecule has 104 valence electrons. The molecule has 3 nitrogen and oxygen atoms in total. The Morgan fingerprint density at radius 2 is 1.89 bits per heavy atom. The molecule has 1 N–H and O–H groups in total. The molecule has 0 radical (unpaired) electrons. The summed E-state index contributed by atoms with van der Waals surface area (Å²) in [6.45, 7) is 11.1. The molecular weight excluding hydrogens is 238 g/mol. The maximum absolute atomic E-state index is 10.9. The minimum Gasteiger partial charge on any atom is -0.494 e. The summed E-state index contributed by atoms with van der Waals surface area (Å²) < 4.78 is 5.72. The largest absolute Gasteiger partial charge is 0.494 e. The fraction of sp³-hybridized carbons (Fsp3) is 0.438. The molecule has 0 spiro atoms. The Balaban J connectivity index is 2.26. The van der Waals surface area contributed by atoms with Gasteiger partial charge in [-0.05, 0) is 68.5 Å². The average Bonchev–Trinajstić information content (AvgIpc) is 2.39. The SMILES string of the molecule is C=CC(=O)NCCCCOc1cc(C)c(C)c(C)c1. The second-order valence-electron chi connectivity index (χ2n) is 4.73. The van der Waals surface area contributed by atoms with E-state index in [1.165, 1.54) is 22.8 Å². The van der Waals surface area contributed by atoms with Crippen LogP contribution >= 0.6 is 0 Å². The topological polar surface area (TPSA) is 38.3 Å². The van der Waals surface area contributed by atoms with Crippen molar-refractivity contribution >= 4 is 5.91 Å². The highest BCUT2D eigenvalue weighted by Crippen LogP contribution is 2.21. The molecule has 0 aliphatic carbocycles. The molecule has 19 heavy (non-hydrogen) atoms. The third-order valence-corrected chi connectivity index (χ3v) is 3.23. The number of rotatable bonds is 7. The molecule has 1 aromatic carbocycles. The zero-order valence-electron chi connectivity index (χ0n) is 12.1. The van der Waals surface area contributed by atoms with Crippen molar-refractivity contribution in [1.82, 2.24) is 5.32 Å². The lowest BCUT2D eigenvalue weighted by Crippen LogP contribution is -2.22. The number of benzene rings is 1. The molecule has 0 saturated heterocycles. The van der Waals surface area contributed by atoms with Gasteiger partial charge in [-0.2, -0.15) is 0 Å². The highest BCUT2D eigenvalue weighted by atomic mass is 16.5. The van der Waals surface area contributed by atoms with Gasteiger partial charge in [0.05, 0.1) is 6.61 Å². The van der Waals surface area contributed by atoms with Crippen molar-refractivity contribution in [2.24, 2.45) is 0 Å². The van der Waals surface area contributed by atoms with Crippen LogP contribution in [0.2, 0.25) is 0 Å². The number of hydrogen-bond donors (Lipinski definition) is 1. The molecule has 3 heteroatoms. The predicted molar refractivity (Wildman–Crippen MR) is 78.6 cm³/mol. The predicted octanol–water partition coefficient (Wildman–Crippen LogP) is 3.07. The summed E-state index contributed by atoms with van der Waals surface area (Å²) in [7, 11) is 0. The fourth-order valence-electron chi connectivity index (χ4n) is 1.78. The molecule has 0 fully saturated rings. The summed E-state index contributed by atoms with van der Waals surface area (Å²) in [5.74, 6) is 0.807. The molecule has 0 bridgehead atoms. The molecule has 0 saturated carbocycles. The first-order valence-corrected chi connectivity index (χ1v) is 6.65. The van der Waals surface area contributed by atoms with Crippen LogP contribution in [0.1, 0.15) is 29.5 Å². The summed E-state index contributed by atoms with van der Waals surface area (Å²) in [5.41, 5.74) is 3.83. The molecule has 1 amide bonds.